The van der Waals surface area contributed by atoms with Crippen LogP contribution in [0.1, 0.15) is 33.0 Å². The average Bonchev–Trinajstić information content (AvgIpc) is 3.26. The topological polar surface area (TPSA) is 64.0 Å². The van der Waals surface area contributed by atoms with E-state index in [0.717, 1.165) is 10.4 Å². The molecule has 2 heterocycles. The number of carbonyl (C=O) groups is 2. The molecule has 3 rings (SSSR count). The number of nitrogens with zero attached hydrogens (tertiary/aromatic N) is 2. The molecule has 8 heteroatoms. The number of carbonyl (C=O) groups excluding carboxylic acids is 2. The van der Waals surface area contributed by atoms with Gasteiger partial charge < -0.3 is 5.32 Å². The predicted octanol–water partition coefficient (Wildman–Crippen LogP) is 5.21. The van der Waals surface area contributed by atoms with Crippen molar-refractivity contribution in [1.29, 1.82) is 0 Å². The Morgan fingerprint density at radius 1 is 1.15 bits per heavy atom. The molecule has 0 unspecified atom stereocenters. The maximum Gasteiger partial charge on any atom is 0.225 e. The molecule has 0 spiro atoms. The summed E-state index contributed by atoms with van der Waals surface area (Å²) in [5.74, 6) is 0.272. The van der Waals surface area contributed by atoms with Gasteiger partial charge in [-0.15, -0.1) is 11.3 Å². The Morgan fingerprint density at radius 2 is 1.96 bits per heavy atom. The maximum atomic E-state index is 12.2. The zero-order chi connectivity index (χ0) is 19.4. The van der Waals surface area contributed by atoms with E-state index in [1.165, 1.54) is 11.3 Å². The predicted molar refractivity (Wildman–Crippen MR) is 109 cm³/mol. The lowest BCUT2D eigenvalue weighted by Crippen LogP contribution is -2.17. The molecule has 0 aliphatic carbocycles. The quantitative estimate of drug-likeness (QED) is 0.532. The van der Waals surface area contributed by atoms with Crippen LogP contribution in [0.4, 0.5) is 5.82 Å². The van der Waals surface area contributed by atoms with Crippen LogP contribution in [0.2, 0.25) is 10.0 Å². The third-order valence-corrected chi connectivity index (χ3v) is 5.83. The van der Waals surface area contributed by atoms with Crippen molar-refractivity contribution >= 4 is 52.0 Å². The van der Waals surface area contributed by atoms with Crippen molar-refractivity contribution in [3.8, 4) is 0 Å². The highest BCUT2D eigenvalue weighted by Crippen LogP contribution is 2.26. The average molecular weight is 422 g/mol. The molecule has 0 radical (unpaired) electrons. The number of rotatable bonds is 7. The second kappa shape index (κ2) is 8.69. The van der Waals surface area contributed by atoms with Crippen LogP contribution in [0.3, 0.4) is 0 Å². The number of thiophene rings is 1. The molecule has 0 bridgehead atoms. The number of nitrogens with one attached hydrogen (secondary N) is 1. The van der Waals surface area contributed by atoms with Crippen molar-refractivity contribution in [3.63, 3.8) is 0 Å². The monoisotopic (exact) mass is 421 g/mol. The van der Waals surface area contributed by atoms with Gasteiger partial charge >= 0.3 is 0 Å². The van der Waals surface area contributed by atoms with E-state index in [2.05, 4.69) is 10.4 Å². The lowest BCUT2D eigenvalue weighted by Gasteiger charge is -2.10. The molecule has 140 valence electrons. The first-order valence-corrected chi connectivity index (χ1v) is 9.85. The smallest absolute Gasteiger partial charge is 0.225 e. The maximum absolute atomic E-state index is 12.2. The lowest BCUT2D eigenvalue weighted by molar-refractivity contribution is -0.116. The van der Waals surface area contributed by atoms with Crippen LogP contribution in [0.5, 0.6) is 0 Å². The first kappa shape index (κ1) is 19.6. The molecule has 3 aromatic rings. The summed E-state index contributed by atoms with van der Waals surface area (Å²) in [6, 6.07) is 10.8. The highest BCUT2D eigenvalue weighted by Gasteiger charge is 2.14. The Kier molecular flexibility index (Phi) is 6.31. The van der Waals surface area contributed by atoms with E-state index in [1.54, 1.807) is 29.1 Å². The number of aryl methyl sites for hydroxylation is 1. The van der Waals surface area contributed by atoms with Gasteiger partial charge in [0.15, 0.2) is 5.78 Å². The second-order valence-electron chi connectivity index (χ2n) is 5.97. The number of aromatic nitrogens is 2. The van der Waals surface area contributed by atoms with Crippen molar-refractivity contribution in [3.05, 3.63) is 68.0 Å². The largest absolute Gasteiger partial charge is 0.311 e. The Morgan fingerprint density at radius 3 is 2.70 bits per heavy atom. The minimum atomic E-state index is -0.240. The van der Waals surface area contributed by atoms with Gasteiger partial charge in [0.25, 0.3) is 0 Å². The van der Waals surface area contributed by atoms with Gasteiger partial charge in [0.1, 0.15) is 5.82 Å². The van der Waals surface area contributed by atoms with Gasteiger partial charge in [-0.25, -0.2) is 4.68 Å². The van der Waals surface area contributed by atoms with Gasteiger partial charge in [0, 0.05) is 23.8 Å². The fourth-order valence-electron chi connectivity index (χ4n) is 2.54. The van der Waals surface area contributed by atoms with Crippen molar-refractivity contribution < 1.29 is 9.59 Å². The van der Waals surface area contributed by atoms with Gasteiger partial charge in [-0.05, 0) is 30.7 Å². The molecule has 0 saturated carbocycles. The number of Topliss-reactive ketones (excluding diaryl/α,β-unsaturated/α-hetero) is 1. The number of benzene rings is 1. The molecule has 5 nitrogen and oxygen atoms in total. The molecule has 0 aliphatic heterocycles. The third-order valence-electron chi connectivity index (χ3n) is 3.93. The van der Waals surface area contributed by atoms with E-state index in [1.807, 2.05) is 25.1 Å². The molecule has 1 aromatic carbocycles. The second-order valence-corrected chi connectivity index (χ2v) is 8.04. The fraction of sp³-hybridized carbons (Fsp3) is 0.211. The van der Waals surface area contributed by atoms with E-state index < -0.39 is 0 Å². The molecular weight excluding hydrogens is 405 g/mol. The van der Waals surface area contributed by atoms with Crippen LogP contribution in [-0.4, -0.2) is 21.5 Å². The summed E-state index contributed by atoms with van der Waals surface area (Å²) in [4.78, 5) is 26.1. The van der Waals surface area contributed by atoms with E-state index >= 15 is 0 Å². The van der Waals surface area contributed by atoms with Gasteiger partial charge in [0.05, 0.1) is 27.7 Å². The molecule has 0 atom stereocenters. The number of anilines is 1. The van der Waals surface area contributed by atoms with E-state index in [0.29, 0.717) is 27.3 Å². The van der Waals surface area contributed by atoms with Gasteiger partial charge in [-0.3, -0.25) is 9.59 Å². The van der Waals surface area contributed by atoms with Gasteiger partial charge in [0.2, 0.25) is 5.91 Å². The van der Waals surface area contributed by atoms with Crippen molar-refractivity contribution in [2.75, 3.05) is 5.32 Å². The van der Waals surface area contributed by atoms with Crippen molar-refractivity contribution in [2.45, 2.75) is 26.3 Å². The van der Waals surface area contributed by atoms with Crippen LogP contribution in [0.25, 0.3) is 0 Å². The summed E-state index contributed by atoms with van der Waals surface area (Å²) < 4.78 is 1.62. The Labute approximate surface area is 170 Å². The Balaban J connectivity index is 1.60. The number of halogens is 2. The zero-order valence-corrected chi connectivity index (χ0v) is 16.9. The molecule has 2 aromatic heterocycles. The standard InChI is InChI=1S/C19H17Cl2N3O2S/c1-12-5-7-16(27-12)15(25)6-8-18(26)23-17-9-10-22-24(17)11-13-3-2-4-14(20)19(13)21/h2-5,7,9-10H,6,8,11H2,1H3,(H,23,26). The van der Waals surface area contributed by atoms with Crippen molar-refractivity contribution in [1.82, 2.24) is 9.78 Å². The molecule has 0 fully saturated rings. The van der Waals surface area contributed by atoms with Crippen LogP contribution < -0.4 is 5.32 Å². The normalized spacial score (nSPS) is 10.8. The first-order chi connectivity index (χ1) is 12.9. The molecule has 1 amide bonds. The summed E-state index contributed by atoms with van der Waals surface area (Å²) in [5, 5.41) is 7.94. The van der Waals surface area contributed by atoms with Crippen molar-refractivity contribution in [2.24, 2.45) is 0 Å². The zero-order valence-electron chi connectivity index (χ0n) is 14.5. The molecule has 0 saturated heterocycles. The van der Waals surface area contributed by atoms with E-state index in [9.17, 15) is 9.59 Å². The number of amides is 1. The van der Waals surface area contributed by atoms with Crippen LogP contribution in [0, 0.1) is 6.92 Å². The van der Waals surface area contributed by atoms with E-state index in [-0.39, 0.29) is 24.5 Å². The van der Waals surface area contributed by atoms with Crippen LogP contribution >= 0.6 is 34.5 Å². The first-order valence-electron chi connectivity index (χ1n) is 8.28. The molecule has 0 aliphatic rings. The minimum absolute atomic E-state index is 0.0255. The van der Waals surface area contributed by atoms with Crippen LogP contribution in [-0.2, 0) is 11.3 Å². The summed E-state index contributed by atoms with van der Waals surface area (Å²) >= 11 is 13.7. The molecule has 1 N–H and O–H groups in total. The summed E-state index contributed by atoms with van der Waals surface area (Å²) in [5.41, 5.74) is 0.798. The molecular formula is C19H17Cl2N3O2S. The summed E-state index contributed by atoms with van der Waals surface area (Å²) in [7, 11) is 0. The molecule has 27 heavy (non-hydrogen) atoms. The Hall–Kier alpha value is -2.15. The van der Waals surface area contributed by atoms with Gasteiger partial charge in [-0.1, -0.05) is 35.3 Å². The minimum Gasteiger partial charge on any atom is -0.311 e. The highest BCUT2D eigenvalue weighted by atomic mass is 35.5. The van der Waals surface area contributed by atoms with Gasteiger partial charge in [-0.2, -0.15) is 5.10 Å². The SMILES string of the molecule is Cc1ccc(C(=O)CCC(=O)Nc2ccnn2Cc2cccc(Cl)c2Cl)s1. The number of hydrogen-bond acceptors (Lipinski definition) is 4. The lowest BCUT2D eigenvalue weighted by atomic mass is 10.2. The Bertz CT molecular complexity index is 981. The van der Waals surface area contributed by atoms with Crippen LogP contribution in [0.15, 0.2) is 42.6 Å². The highest BCUT2D eigenvalue weighted by molar-refractivity contribution is 7.14. The number of hydrogen-bond donors (Lipinski definition) is 1. The summed E-state index contributed by atoms with van der Waals surface area (Å²) in [6.07, 6.45) is 1.87. The fourth-order valence-corrected chi connectivity index (χ4v) is 3.75. The number of ketones is 1. The third kappa shape index (κ3) is 4.97. The summed E-state index contributed by atoms with van der Waals surface area (Å²) in [6.45, 7) is 2.32. The van der Waals surface area contributed by atoms with E-state index in [4.69, 9.17) is 23.2 Å².